The summed E-state index contributed by atoms with van der Waals surface area (Å²) in [5.74, 6) is -0.784. The average molecular weight is 230 g/mol. The molecule has 0 unspecified atom stereocenters. The van der Waals surface area contributed by atoms with Gasteiger partial charge in [-0.1, -0.05) is 18.2 Å². The van der Waals surface area contributed by atoms with Crippen LogP contribution in [0.3, 0.4) is 0 Å². The Balaban J connectivity index is 2.23. The molecule has 0 aliphatic heterocycles. The maximum absolute atomic E-state index is 11.7. The fourth-order valence-electron chi connectivity index (χ4n) is 1.38. The standard InChI is InChI=1S/C12H10N2O3/c15-10-6-8(7-11(16)14-10)12(17)13-9-4-2-1-3-5-9/h1-7H,(H,13,17)(H2,14,15,16). The van der Waals surface area contributed by atoms with E-state index in [1.165, 1.54) is 6.07 Å². The number of hydrogen-bond donors (Lipinski definition) is 3. The van der Waals surface area contributed by atoms with Gasteiger partial charge in [0.25, 0.3) is 11.5 Å². The third-order valence-corrected chi connectivity index (χ3v) is 2.12. The highest BCUT2D eigenvalue weighted by atomic mass is 16.3. The van der Waals surface area contributed by atoms with Crippen molar-refractivity contribution in [1.29, 1.82) is 0 Å². The van der Waals surface area contributed by atoms with E-state index in [4.69, 9.17) is 0 Å². The van der Waals surface area contributed by atoms with E-state index in [1.807, 2.05) is 6.07 Å². The quantitative estimate of drug-likeness (QED) is 0.727. The highest BCUT2D eigenvalue weighted by molar-refractivity contribution is 6.04. The van der Waals surface area contributed by atoms with Gasteiger partial charge < -0.3 is 10.4 Å². The van der Waals surface area contributed by atoms with E-state index < -0.39 is 11.5 Å². The molecule has 1 heterocycles. The molecule has 1 aromatic heterocycles. The van der Waals surface area contributed by atoms with Gasteiger partial charge in [-0.3, -0.25) is 14.6 Å². The molecular formula is C12H10N2O3. The Morgan fingerprint density at radius 3 is 2.53 bits per heavy atom. The SMILES string of the molecule is O=C(Nc1ccccc1)c1cc(O)[nH]c(=O)c1. The predicted molar refractivity (Wildman–Crippen MR) is 63.1 cm³/mol. The van der Waals surface area contributed by atoms with E-state index >= 15 is 0 Å². The number of pyridine rings is 1. The summed E-state index contributed by atoms with van der Waals surface area (Å²) in [6, 6.07) is 11.2. The highest BCUT2D eigenvalue weighted by Crippen LogP contribution is 2.09. The lowest BCUT2D eigenvalue weighted by molar-refractivity contribution is 0.102. The van der Waals surface area contributed by atoms with Crippen LogP contribution in [0.4, 0.5) is 5.69 Å². The molecule has 0 aliphatic rings. The number of benzene rings is 1. The van der Waals surface area contributed by atoms with E-state index in [9.17, 15) is 14.7 Å². The molecule has 0 radical (unpaired) electrons. The van der Waals surface area contributed by atoms with Gasteiger partial charge in [-0.05, 0) is 12.1 Å². The summed E-state index contributed by atoms with van der Waals surface area (Å²) in [4.78, 5) is 25.0. The summed E-state index contributed by atoms with van der Waals surface area (Å²) in [6.07, 6.45) is 0. The molecule has 5 heteroatoms. The number of aromatic nitrogens is 1. The van der Waals surface area contributed by atoms with Crippen molar-refractivity contribution in [3.05, 3.63) is 58.4 Å². The lowest BCUT2D eigenvalue weighted by atomic mass is 10.2. The normalized spacial score (nSPS) is 9.88. The van der Waals surface area contributed by atoms with Crippen molar-refractivity contribution in [3.8, 4) is 5.88 Å². The number of carbonyl (C=O) groups excluding carboxylic acids is 1. The molecule has 0 atom stereocenters. The molecule has 0 saturated heterocycles. The van der Waals surface area contributed by atoms with Crippen molar-refractivity contribution in [3.63, 3.8) is 0 Å². The van der Waals surface area contributed by atoms with Crippen LogP contribution < -0.4 is 10.9 Å². The van der Waals surface area contributed by atoms with Crippen molar-refractivity contribution in [2.24, 2.45) is 0 Å². The van der Waals surface area contributed by atoms with Crippen LogP contribution in [-0.2, 0) is 0 Å². The van der Waals surface area contributed by atoms with Crippen LogP contribution in [0.15, 0.2) is 47.3 Å². The molecule has 0 fully saturated rings. The molecule has 2 aromatic rings. The summed E-state index contributed by atoms with van der Waals surface area (Å²) in [5, 5.41) is 11.8. The summed E-state index contributed by atoms with van der Waals surface area (Å²) in [7, 11) is 0. The number of rotatable bonds is 2. The minimum atomic E-state index is -0.525. The summed E-state index contributed by atoms with van der Waals surface area (Å²) in [6.45, 7) is 0. The first kappa shape index (κ1) is 10.9. The Morgan fingerprint density at radius 2 is 1.88 bits per heavy atom. The fraction of sp³-hybridized carbons (Fsp3) is 0. The Bertz CT molecular complexity index is 590. The van der Waals surface area contributed by atoms with Crippen molar-refractivity contribution >= 4 is 11.6 Å². The maximum atomic E-state index is 11.7. The third-order valence-electron chi connectivity index (χ3n) is 2.12. The van der Waals surface area contributed by atoms with Crippen LogP contribution in [0.2, 0.25) is 0 Å². The molecule has 0 aliphatic carbocycles. The molecule has 86 valence electrons. The van der Waals surface area contributed by atoms with Gasteiger partial charge in [0.1, 0.15) is 0 Å². The number of amides is 1. The van der Waals surface area contributed by atoms with E-state index in [-0.39, 0.29) is 11.4 Å². The molecule has 17 heavy (non-hydrogen) atoms. The Labute approximate surface area is 96.7 Å². The first-order chi connectivity index (χ1) is 8.15. The second-order valence-corrected chi connectivity index (χ2v) is 3.44. The molecular weight excluding hydrogens is 220 g/mol. The van der Waals surface area contributed by atoms with Gasteiger partial charge in [0.15, 0.2) is 5.88 Å². The number of aromatic amines is 1. The zero-order valence-corrected chi connectivity index (χ0v) is 8.81. The Kier molecular flexibility index (Phi) is 2.91. The van der Waals surface area contributed by atoms with E-state index in [1.54, 1.807) is 24.3 Å². The van der Waals surface area contributed by atoms with Gasteiger partial charge in [-0.2, -0.15) is 0 Å². The van der Waals surface area contributed by atoms with Gasteiger partial charge in [0.05, 0.1) is 5.56 Å². The van der Waals surface area contributed by atoms with Crippen LogP contribution in [-0.4, -0.2) is 16.0 Å². The van der Waals surface area contributed by atoms with Crippen LogP contribution in [0, 0.1) is 0 Å². The second-order valence-electron chi connectivity index (χ2n) is 3.44. The van der Waals surface area contributed by atoms with Crippen LogP contribution in [0.1, 0.15) is 10.4 Å². The van der Waals surface area contributed by atoms with Gasteiger partial charge in [0, 0.05) is 17.8 Å². The van der Waals surface area contributed by atoms with Crippen LogP contribution in [0.25, 0.3) is 0 Å². The maximum Gasteiger partial charge on any atom is 0.256 e. The Hall–Kier alpha value is -2.56. The number of anilines is 1. The van der Waals surface area contributed by atoms with Crippen molar-refractivity contribution < 1.29 is 9.90 Å². The molecule has 1 amide bonds. The number of aromatic hydroxyl groups is 1. The molecule has 1 aromatic carbocycles. The zero-order chi connectivity index (χ0) is 12.3. The minimum Gasteiger partial charge on any atom is -0.494 e. The molecule has 0 spiro atoms. The predicted octanol–water partition coefficient (Wildman–Crippen LogP) is 1.33. The lowest BCUT2D eigenvalue weighted by Crippen LogP contribution is -2.15. The van der Waals surface area contributed by atoms with E-state index in [0.717, 1.165) is 6.07 Å². The van der Waals surface area contributed by atoms with Gasteiger partial charge in [-0.25, -0.2) is 0 Å². The first-order valence-electron chi connectivity index (χ1n) is 4.95. The zero-order valence-electron chi connectivity index (χ0n) is 8.81. The minimum absolute atomic E-state index is 0.107. The highest BCUT2D eigenvalue weighted by Gasteiger charge is 2.08. The topological polar surface area (TPSA) is 82.2 Å². The molecule has 3 N–H and O–H groups in total. The van der Waals surface area contributed by atoms with Crippen molar-refractivity contribution in [2.45, 2.75) is 0 Å². The van der Waals surface area contributed by atoms with Crippen molar-refractivity contribution in [2.75, 3.05) is 5.32 Å². The Morgan fingerprint density at radius 1 is 1.18 bits per heavy atom. The van der Waals surface area contributed by atoms with E-state index in [2.05, 4.69) is 10.3 Å². The third kappa shape index (κ3) is 2.72. The van der Waals surface area contributed by atoms with Gasteiger partial charge in [0.2, 0.25) is 0 Å². The molecule has 5 nitrogen and oxygen atoms in total. The van der Waals surface area contributed by atoms with E-state index in [0.29, 0.717) is 5.69 Å². The molecule has 0 bridgehead atoms. The van der Waals surface area contributed by atoms with Gasteiger partial charge >= 0.3 is 0 Å². The number of carbonyl (C=O) groups is 1. The fourth-order valence-corrected chi connectivity index (χ4v) is 1.38. The molecule has 2 rings (SSSR count). The number of hydrogen-bond acceptors (Lipinski definition) is 3. The van der Waals surface area contributed by atoms with Crippen LogP contribution >= 0.6 is 0 Å². The summed E-state index contributed by atoms with van der Waals surface area (Å²) >= 11 is 0. The first-order valence-corrected chi connectivity index (χ1v) is 4.95. The molecule has 0 saturated carbocycles. The van der Waals surface area contributed by atoms with Gasteiger partial charge in [-0.15, -0.1) is 0 Å². The largest absolute Gasteiger partial charge is 0.494 e. The van der Waals surface area contributed by atoms with Crippen molar-refractivity contribution in [1.82, 2.24) is 4.98 Å². The second kappa shape index (κ2) is 4.52. The monoisotopic (exact) mass is 230 g/mol. The van der Waals surface area contributed by atoms with Crippen LogP contribution in [0.5, 0.6) is 5.88 Å². The summed E-state index contributed by atoms with van der Waals surface area (Å²) in [5.41, 5.74) is 0.204. The average Bonchev–Trinajstić information content (AvgIpc) is 2.29. The smallest absolute Gasteiger partial charge is 0.256 e. The lowest BCUT2D eigenvalue weighted by Gasteiger charge is -2.04. The number of H-pyrrole nitrogens is 1. The number of nitrogens with one attached hydrogen (secondary N) is 2. The summed E-state index contributed by atoms with van der Waals surface area (Å²) < 4.78 is 0. The number of para-hydroxylation sites is 1.